The van der Waals surface area contributed by atoms with Crippen molar-refractivity contribution in [2.45, 2.75) is 32.8 Å². The Morgan fingerprint density at radius 3 is 2.87 bits per heavy atom. The summed E-state index contributed by atoms with van der Waals surface area (Å²) in [5.41, 5.74) is 0.698. The Morgan fingerprint density at radius 1 is 1.43 bits per heavy atom. The van der Waals surface area contributed by atoms with E-state index in [2.05, 4.69) is 5.16 Å². The number of aromatic nitrogens is 1. The molecule has 0 aromatic carbocycles. The van der Waals surface area contributed by atoms with E-state index in [0.29, 0.717) is 43.3 Å². The van der Waals surface area contributed by atoms with Crippen molar-refractivity contribution in [3.8, 4) is 0 Å². The van der Waals surface area contributed by atoms with Gasteiger partial charge in [-0.2, -0.15) is 0 Å². The van der Waals surface area contributed by atoms with Gasteiger partial charge in [-0.1, -0.05) is 5.16 Å². The summed E-state index contributed by atoms with van der Waals surface area (Å²) in [6.45, 7) is 3.84. The third kappa shape index (κ3) is 3.91. The highest BCUT2D eigenvalue weighted by Gasteiger charge is 2.38. The molecule has 1 saturated heterocycles. The Labute approximate surface area is 136 Å². The van der Waals surface area contributed by atoms with Crippen LogP contribution in [0.3, 0.4) is 0 Å². The van der Waals surface area contributed by atoms with Gasteiger partial charge in [0.25, 0.3) is 5.91 Å². The van der Waals surface area contributed by atoms with E-state index < -0.39 is 0 Å². The van der Waals surface area contributed by atoms with Crippen LogP contribution in [-0.4, -0.2) is 61.6 Å². The first-order chi connectivity index (χ1) is 11.1. The lowest BCUT2D eigenvalue weighted by Crippen LogP contribution is -2.48. The molecule has 7 heteroatoms. The molecular formula is C16H26N2O5. The van der Waals surface area contributed by atoms with E-state index in [1.54, 1.807) is 26.0 Å². The number of nitrogens with zero attached hydrogens (tertiary/aromatic N) is 2. The largest absolute Gasteiger partial charge is 0.396 e. The summed E-state index contributed by atoms with van der Waals surface area (Å²) in [4.78, 5) is 14.6. The van der Waals surface area contributed by atoms with Gasteiger partial charge < -0.3 is 24.0 Å². The van der Waals surface area contributed by atoms with E-state index in [1.165, 1.54) is 0 Å². The number of likely N-dealkylation sites (tertiary alicyclic amines) is 1. The minimum atomic E-state index is -0.301. The van der Waals surface area contributed by atoms with Crippen LogP contribution in [0, 0.1) is 12.3 Å². The predicted molar refractivity (Wildman–Crippen MR) is 83.1 cm³/mol. The predicted octanol–water partition coefficient (Wildman–Crippen LogP) is 1.38. The number of aliphatic hydroxyl groups is 1. The minimum absolute atomic E-state index is 0.0446. The highest BCUT2D eigenvalue weighted by molar-refractivity contribution is 5.93. The van der Waals surface area contributed by atoms with Crippen LogP contribution in [0.15, 0.2) is 4.52 Å². The van der Waals surface area contributed by atoms with Gasteiger partial charge in [0.2, 0.25) is 0 Å². The number of hydrogen-bond donors (Lipinski definition) is 1. The molecule has 1 N–H and O–H groups in total. The zero-order chi connectivity index (χ0) is 16.9. The van der Waals surface area contributed by atoms with Crippen LogP contribution >= 0.6 is 0 Å². The van der Waals surface area contributed by atoms with Crippen molar-refractivity contribution < 1.29 is 23.9 Å². The molecule has 2 rings (SSSR count). The van der Waals surface area contributed by atoms with Crippen molar-refractivity contribution in [2.75, 3.05) is 40.5 Å². The smallest absolute Gasteiger partial charge is 0.276 e. The Kier molecular flexibility index (Phi) is 6.15. The number of ether oxygens (including phenoxy) is 2. The van der Waals surface area contributed by atoms with Crippen molar-refractivity contribution in [1.29, 1.82) is 0 Å². The van der Waals surface area contributed by atoms with Gasteiger partial charge in [-0.3, -0.25) is 4.79 Å². The molecule has 1 aliphatic heterocycles. The average Bonchev–Trinajstić information content (AvgIpc) is 2.94. The topological polar surface area (TPSA) is 85.0 Å². The normalized spacial score (nSPS) is 21.7. The quantitative estimate of drug-likeness (QED) is 0.815. The molecule has 1 aromatic heterocycles. The maximum absolute atomic E-state index is 12.8. The lowest BCUT2D eigenvalue weighted by atomic mass is 9.78. The first kappa shape index (κ1) is 17.9. The van der Waals surface area contributed by atoms with Gasteiger partial charge >= 0.3 is 0 Å². The van der Waals surface area contributed by atoms with Crippen LogP contribution < -0.4 is 0 Å². The van der Waals surface area contributed by atoms with E-state index >= 15 is 0 Å². The van der Waals surface area contributed by atoms with Crippen LogP contribution in [0.25, 0.3) is 0 Å². The zero-order valence-electron chi connectivity index (χ0n) is 14.1. The Hall–Kier alpha value is -1.44. The summed E-state index contributed by atoms with van der Waals surface area (Å²) in [5, 5.41) is 13.7. The second kappa shape index (κ2) is 7.90. The van der Waals surface area contributed by atoms with Gasteiger partial charge in [0.05, 0.1) is 18.8 Å². The summed E-state index contributed by atoms with van der Waals surface area (Å²) in [5.74, 6) is 0.434. The fourth-order valence-corrected chi connectivity index (χ4v) is 3.14. The molecule has 1 fully saturated rings. The fraction of sp³-hybridized carbons (Fsp3) is 0.750. The van der Waals surface area contributed by atoms with Gasteiger partial charge in [-0.25, -0.2) is 0 Å². The number of methoxy groups -OCH3 is 2. The lowest BCUT2D eigenvalue weighted by molar-refractivity contribution is 0.00845. The summed E-state index contributed by atoms with van der Waals surface area (Å²) in [6.07, 6.45) is 2.47. The van der Waals surface area contributed by atoms with Crippen LogP contribution in [0.1, 0.15) is 41.1 Å². The molecular weight excluding hydrogens is 300 g/mol. The van der Waals surface area contributed by atoms with Crippen molar-refractivity contribution in [3.05, 3.63) is 17.0 Å². The average molecular weight is 326 g/mol. The number of carbonyl (C=O) groups excluding carboxylic acids is 1. The molecule has 23 heavy (non-hydrogen) atoms. The van der Waals surface area contributed by atoms with Gasteiger partial charge in [-0.15, -0.1) is 0 Å². The molecule has 1 aromatic rings. The molecule has 7 nitrogen and oxygen atoms in total. The van der Waals surface area contributed by atoms with E-state index in [4.69, 9.17) is 14.0 Å². The molecule has 0 spiro atoms. The van der Waals surface area contributed by atoms with E-state index in [-0.39, 0.29) is 17.9 Å². The number of aryl methyl sites for hydroxylation is 1. The number of rotatable bonds is 7. The van der Waals surface area contributed by atoms with E-state index in [1.807, 2.05) is 0 Å². The molecule has 1 unspecified atom stereocenters. The third-order valence-electron chi connectivity index (χ3n) is 4.60. The molecule has 0 bridgehead atoms. The van der Waals surface area contributed by atoms with Gasteiger partial charge in [0.15, 0.2) is 5.69 Å². The molecule has 0 saturated carbocycles. The molecule has 1 aliphatic rings. The number of hydrogen-bond acceptors (Lipinski definition) is 6. The third-order valence-corrected chi connectivity index (χ3v) is 4.60. The maximum Gasteiger partial charge on any atom is 0.276 e. The number of aliphatic hydroxyl groups excluding tert-OH is 1. The molecule has 1 atom stereocenters. The van der Waals surface area contributed by atoms with Gasteiger partial charge in [0, 0.05) is 39.3 Å². The van der Waals surface area contributed by atoms with Gasteiger partial charge in [-0.05, 0) is 26.2 Å². The molecule has 0 radical (unpaired) electrons. The fourth-order valence-electron chi connectivity index (χ4n) is 3.14. The highest BCUT2D eigenvalue weighted by atomic mass is 16.5. The molecule has 130 valence electrons. The van der Waals surface area contributed by atoms with Crippen molar-refractivity contribution in [2.24, 2.45) is 5.41 Å². The number of amides is 1. The summed E-state index contributed by atoms with van der Waals surface area (Å²) in [6, 6.07) is 0. The maximum atomic E-state index is 12.8. The van der Waals surface area contributed by atoms with Crippen LogP contribution in [-0.2, 0) is 16.1 Å². The van der Waals surface area contributed by atoms with Gasteiger partial charge in [0.1, 0.15) is 5.76 Å². The Balaban J connectivity index is 2.16. The number of piperidine rings is 1. The van der Waals surface area contributed by atoms with Crippen molar-refractivity contribution in [1.82, 2.24) is 10.1 Å². The zero-order valence-corrected chi connectivity index (χ0v) is 14.1. The summed E-state index contributed by atoms with van der Waals surface area (Å²) in [7, 11) is 3.22. The molecule has 0 aliphatic carbocycles. The number of carbonyl (C=O) groups is 1. The van der Waals surface area contributed by atoms with E-state index in [9.17, 15) is 9.90 Å². The summed E-state index contributed by atoms with van der Waals surface area (Å²) < 4.78 is 15.4. The van der Waals surface area contributed by atoms with E-state index in [0.717, 1.165) is 19.3 Å². The highest BCUT2D eigenvalue weighted by Crippen LogP contribution is 2.34. The lowest BCUT2D eigenvalue weighted by Gasteiger charge is -2.41. The Morgan fingerprint density at radius 2 is 2.22 bits per heavy atom. The Bertz CT molecular complexity index is 531. The van der Waals surface area contributed by atoms with Crippen LogP contribution in [0.5, 0.6) is 0 Å². The monoisotopic (exact) mass is 326 g/mol. The standard InChI is InChI=1S/C16H26N2O5/c1-12-13(9-22-3)14(17-23-12)15(20)18-7-4-5-16(10-18,11-19)6-8-21-2/h19H,4-11H2,1-3H3. The van der Waals surface area contributed by atoms with Crippen LogP contribution in [0.2, 0.25) is 0 Å². The second-order valence-electron chi connectivity index (χ2n) is 6.23. The minimum Gasteiger partial charge on any atom is -0.396 e. The SMILES string of the molecule is COCCC1(CO)CCCN(C(=O)c2noc(C)c2COC)C1. The second-order valence-corrected chi connectivity index (χ2v) is 6.23. The molecule has 2 heterocycles. The van der Waals surface area contributed by atoms with Crippen LogP contribution in [0.4, 0.5) is 0 Å². The first-order valence-corrected chi connectivity index (χ1v) is 7.90. The van der Waals surface area contributed by atoms with Crippen molar-refractivity contribution in [3.63, 3.8) is 0 Å². The molecule has 1 amide bonds. The van der Waals surface area contributed by atoms with Crippen molar-refractivity contribution >= 4 is 5.91 Å². The summed E-state index contributed by atoms with van der Waals surface area (Å²) >= 11 is 0. The first-order valence-electron chi connectivity index (χ1n) is 7.90.